The minimum atomic E-state index is -0.843. The summed E-state index contributed by atoms with van der Waals surface area (Å²) in [5, 5.41) is 14.8. The number of aromatic nitrogens is 2. The van der Waals surface area contributed by atoms with Gasteiger partial charge in [0.2, 0.25) is 0 Å². The molecule has 0 amide bonds. The van der Waals surface area contributed by atoms with Crippen LogP contribution in [0.1, 0.15) is 48.3 Å². The van der Waals surface area contributed by atoms with Crippen LogP contribution in [-0.2, 0) is 11.3 Å². The van der Waals surface area contributed by atoms with Crippen molar-refractivity contribution >= 4 is 5.97 Å². The maximum Gasteiger partial charge on any atom is 0.347 e. The number of rotatable bonds is 6. The molecule has 0 aliphatic rings. The third kappa shape index (κ3) is 4.21. The smallest absolute Gasteiger partial charge is 0.347 e. The molecule has 0 unspecified atom stereocenters. The number of benzene rings is 2. The van der Waals surface area contributed by atoms with E-state index < -0.39 is 17.3 Å². The molecule has 0 fully saturated rings. The fourth-order valence-corrected chi connectivity index (χ4v) is 3.18. The Labute approximate surface area is 169 Å². The van der Waals surface area contributed by atoms with Gasteiger partial charge in [-0.15, -0.1) is 0 Å². The Balaban J connectivity index is 2.14. The summed E-state index contributed by atoms with van der Waals surface area (Å²) in [6, 6.07) is 17.6. The van der Waals surface area contributed by atoms with Crippen molar-refractivity contribution in [3.05, 3.63) is 81.8 Å². The molecule has 2 aromatic carbocycles. The highest BCUT2D eigenvalue weighted by molar-refractivity contribution is 5.92. The molecule has 1 aromatic heterocycles. The van der Waals surface area contributed by atoms with Gasteiger partial charge in [0.25, 0.3) is 5.56 Å². The third-order valence-corrected chi connectivity index (χ3v) is 4.60. The maximum atomic E-state index is 13.0. The molecule has 3 rings (SSSR count). The summed E-state index contributed by atoms with van der Waals surface area (Å²) in [4.78, 5) is 25.3. The first kappa shape index (κ1) is 20.3. The predicted molar refractivity (Wildman–Crippen MR) is 111 cm³/mol. The van der Waals surface area contributed by atoms with Gasteiger partial charge in [0.15, 0.2) is 11.3 Å². The van der Waals surface area contributed by atoms with E-state index in [0.717, 1.165) is 16.7 Å². The quantitative estimate of drug-likeness (QED) is 0.642. The van der Waals surface area contributed by atoms with E-state index in [1.54, 1.807) is 6.92 Å². The predicted octanol–water partition coefficient (Wildman–Crippen LogP) is 3.96. The van der Waals surface area contributed by atoms with Gasteiger partial charge in [-0.1, -0.05) is 68.4 Å². The summed E-state index contributed by atoms with van der Waals surface area (Å²) in [5.41, 5.74) is 2.10. The Bertz CT molecular complexity index is 1070. The van der Waals surface area contributed by atoms with Crippen LogP contribution in [0.25, 0.3) is 11.1 Å². The summed E-state index contributed by atoms with van der Waals surface area (Å²) >= 11 is 0. The summed E-state index contributed by atoms with van der Waals surface area (Å²) in [7, 11) is 0. The number of esters is 1. The number of hydrogen-bond acceptors (Lipinski definition) is 5. The normalized spacial score (nSPS) is 10.9. The summed E-state index contributed by atoms with van der Waals surface area (Å²) in [6.07, 6.45) is 0. The molecule has 0 saturated carbocycles. The van der Waals surface area contributed by atoms with E-state index in [1.807, 2.05) is 68.4 Å². The zero-order chi connectivity index (χ0) is 21.0. The lowest BCUT2D eigenvalue weighted by molar-refractivity contribution is 0.0519. The average Bonchev–Trinajstić information content (AvgIpc) is 2.71. The Morgan fingerprint density at radius 2 is 1.76 bits per heavy atom. The minimum absolute atomic E-state index is 0.105. The number of carbonyl (C=O) groups excluding carboxylic acids is 1. The number of hydrogen-bond donors (Lipinski definition) is 1. The van der Waals surface area contributed by atoms with Gasteiger partial charge in [0, 0.05) is 5.92 Å². The Kier molecular flexibility index (Phi) is 6.12. The highest BCUT2D eigenvalue weighted by atomic mass is 16.5. The second kappa shape index (κ2) is 8.73. The van der Waals surface area contributed by atoms with E-state index >= 15 is 0 Å². The Hall–Kier alpha value is -3.41. The van der Waals surface area contributed by atoms with E-state index in [-0.39, 0.29) is 30.3 Å². The van der Waals surface area contributed by atoms with Gasteiger partial charge in [-0.05, 0) is 23.6 Å². The van der Waals surface area contributed by atoms with Crippen molar-refractivity contribution in [2.75, 3.05) is 6.61 Å². The standard InChI is InChI=1S/C23H24N2O4/c1-4-29-23(28)19-21(26)20(15(2)3)24-25(22(19)27)14-17-12-8-9-13-18(17)16-10-6-5-7-11-16/h5-13,15,26H,4,14H2,1-3H3. The molecule has 0 aliphatic heterocycles. The van der Waals surface area contributed by atoms with Crippen molar-refractivity contribution < 1.29 is 14.6 Å². The molecule has 0 aliphatic carbocycles. The van der Waals surface area contributed by atoms with Crippen LogP contribution in [-0.4, -0.2) is 27.5 Å². The molecule has 0 atom stereocenters. The van der Waals surface area contributed by atoms with Crippen molar-refractivity contribution in [1.82, 2.24) is 9.78 Å². The van der Waals surface area contributed by atoms with Crippen LogP contribution in [0.15, 0.2) is 59.4 Å². The third-order valence-electron chi connectivity index (χ3n) is 4.60. The van der Waals surface area contributed by atoms with Crippen molar-refractivity contribution in [3.8, 4) is 16.9 Å². The summed E-state index contributed by atoms with van der Waals surface area (Å²) < 4.78 is 6.21. The monoisotopic (exact) mass is 392 g/mol. The number of ether oxygens (including phenoxy) is 1. The Morgan fingerprint density at radius 3 is 2.41 bits per heavy atom. The van der Waals surface area contributed by atoms with E-state index in [1.165, 1.54) is 4.68 Å². The zero-order valence-corrected chi connectivity index (χ0v) is 16.8. The fraction of sp³-hybridized carbons (Fsp3) is 0.261. The van der Waals surface area contributed by atoms with Crippen LogP contribution in [0, 0.1) is 0 Å². The second-order valence-corrected chi connectivity index (χ2v) is 6.97. The topological polar surface area (TPSA) is 81.4 Å². The van der Waals surface area contributed by atoms with Crippen LogP contribution < -0.4 is 5.56 Å². The number of carbonyl (C=O) groups is 1. The number of aromatic hydroxyl groups is 1. The summed E-state index contributed by atoms with van der Waals surface area (Å²) in [5.74, 6) is -1.43. The van der Waals surface area contributed by atoms with Crippen molar-refractivity contribution in [3.63, 3.8) is 0 Å². The van der Waals surface area contributed by atoms with Gasteiger partial charge in [-0.2, -0.15) is 5.10 Å². The highest BCUT2D eigenvalue weighted by Gasteiger charge is 2.25. The van der Waals surface area contributed by atoms with Gasteiger partial charge >= 0.3 is 5.97 Å². The second-order valence-electron chi connectivity index (χ2n) is 6.97. The zero-order valence-electron chi connectivity index (χ0n) is 16.8. The minimum Gasteiger partial charge on any atom is -0.505 e. The van der Waals surface area contributed by atoms with Crippen LogP contribution >= 0.6 is 0 Å². The first-order valence-corrected chi connectivity index (χ1v) is 9.58. The first-order valence-electron chi connectivity index (χ1n) is 9.58. The molecule has 0 spiro atoms. The molecular formula is C23H24N2O4. The summed E-state index contributed by atoms with van der Waals surface area (Å²) in [6.45, 7) is 5.59. The molecule has 0 radical (unpaired) electrons. The fourth-order valence-electron chi connectivity index (χ4n) is 3.18. The molecule has 3 aromatic rings. The lowest BCUT2D eigenvalue weighted by atomic mass is 9.99. The molecule has 29 heavy (non-hydrogen) atoms. The highest BCUT2D eigenvalue weighted by Crippen LogP contribution is 2.27. The first-order chi connectivity index (χ1) is 13.9. The lowest BCUT2D eigenvalue weighted by Gasteiger charge is -2.16. The van der Waals surface area contributed by atoms with Gasteiger partial charge < -0.3 is 9.84 Å². The van der Waals surface area contributed by atoms with Crippen molar-refractivity contribution in [1.29, 1.82) is 0 Å². The van der Waals surface area contributed by atoms with Crippen LogP contribution in [0.4, 0.5) is 0 Å². The van der Waals surface area contributed by atoms with Crippen molar-refractivity contribution in [2.45, 2.75) is 33.2 Å². The molecule has 6 heteroatoms. The van der Waals surface area contributed by atoms with E-state index in [4.69, 9.17) is 4.74 Å². The maximum absolute atomic E-state index is 13.0. The van der Waals surface area contributed by atoms with Gasteiger partial charge in [0.1, 0.15) is 5.69 Å². The van der Waals surface area contributed by atoms with E-state index in [2.05, 4.69) is 5.10 Å². The van der Waals surface area contributed by atoms with Gasteiger partial charge in [-0.25, -0.2) is 9.48 Å². The van der Waals surface area contributed by atoms with Crippen LogP contribution in [0.5, 0.6) is 5.75 Å². The van der Waals surface area contributed by atoms with E-state index in [9.17, 15) is 14.7 Å². The lowest BCUT2D eigenvalue weighted by Crippen LogP contribution is -2.31. The van der Waals surface area contributed by atoms with Crippen molar-refractivity contribution in [2.24, 2.45) is 0 Å². The molecular weight excluding hydrogens is 368 g/mol. The van der Waals surface area contributed by atoms with Crippen LogP contribution in [0.2, 0.25) is 0 Å². The van der Waals surface area contributed by atoms with E-state index in [0.29, 0.717) is 0 Å². The SMILES string of the molecule is CCOC(=O)c1c(O)c(C(C)C)nn(Cc2ccccc2-c2ccccc2)c1=O. The molecule has 0 saturated heterocycles. The average molecular weight is 392 g/mol. The van der Waals surface area contributed by atoms with Gasteiger partial charge in [0.05, 0.1) is 13.2 Å². The largest absolute Gasteiger partial charge is 0.505 e. The van der Waals surface area contributed by atoms with Crippen LogP contribution in [0.3, 0.4) is 0 Å². The number of nitrogens with zero attached hydrogens (tertiary/aromatic N) is 2. The molecule has 1 N–H and O–H groups in total. The molecule has 150 valence electrons. The molecule has 1 heterocycles. The molecule has 0 bridgehead atoms. The van der Waals surface area contributed by atoms with Gasteiger partial charge in [-0.3, -0.25) is 4.79 Å². The Morgan fingerprint density at radius 1 is 1.10 bits per heavy atom. The molecule has 6 nitrogen and oxygen atoms in total.